The van der Waals surface area contributed by atoms with Crippen molar-refractivity contribution in [1.29, 1.82) is 0 Å². The highest BCUT2D eigenvalue weighted by molar-refractivity contribution is 5.95. The molecule has 0 bridgehead atoms. The largest absolute Gasteiger partial charge is 0.378 e. The van der Waals surface area contributed by atoms with E-state index < -0.39 is 0 Å². The summed E-state index contributed by atoms with van der Waals surface area (Å²) in [6, 6.07) is 7.83. The molecule has 0 saturated carbocycles. The van der Waals surface area contributed by atoms with Gasteiger partial charge in [-0.05, 0) is 23.8 Å². The Bertz CT molecular complexity index is 865. The van der Waals surface area contributed by atoms with Crippen LogP contribution in [0.1, 0.15) is 42.5 Å². The van der Waals surface area contributed by atoms with Gasteiger partial charge in [0.2, 0.25) is 5.91 Å². The van der Waals surface area contributed by atoms with Crippen molar-refractivity contribution in [2.75, 3.05) is 32.8 Å². The normalized spacial score (nSPS) is 14.7. The first kappa shape index (κ1) is 21.0. The first-order chi connectivity index (χ1) is 13.7. The van der Waals surface area contributed by atoms with Crippen LogP contribution in [0.2, 0.25) is 0 Å². The molecule has 1 aliphatic heterocycles. The minimum atomic E-state index is -0.364. The summed E-state index contributed by atoms with van der Waals surface area (Å²) in [5.41, 5.74) is 1.72. The molecular formula is C21H27FN4O3. The number of aromatic nitrogens is 2. The number of benzene rings is 1. The predicted octanol–water partition coefficient (Wildman–Crippen LogP) is 1.96. The van der Waals surface area contributed by atoms with Crippen molar-refractivity contribution in [3.63, 3.8) is 0 Å². The molecule has 1 aromatic carbocycles. The summed E-state index contributed by atoms with van der Waals surface area (Å²) in [5, 5.41) is 7.29. The number of carbonyl (C=O) groups is 2. The number of hydrogen-bond donors (Lipinski definition) is 1. The molecule has 0 atom stereocenters. The van der Waals surface area contributed by atoms with E-state index in [4.69, 9.17) is 4.74 Å². The van der Waals surface area contributed by atoms with E-state index in [-0.39, 0.29) is 29.6 Å². The van der Waals surface area contributed by atoms with E-state index in [2.05, 4.69) is 10.4 Å². The summed E-state index contributed by atoms with van der Waals surface area (Å²) in [4.78, 5) is 26.8. The molecular weight excluding hydrogens is 375 g/mol. The van der Waals surface area contributed by atoms with Crippen molar-refractivity contribution in [3.05, 3.63) is 53.1 Å². The van der Waals surface area contributed by atoms with Crippen molar-refractivity contribution < 1.29 is 18.7 Å². The Hall–Kier alpha value is -2.74. The minimum Gasteiger partial charge on any atom is -0.378 e. The maximum absolute atomic E-state index is 13.2. The zero-order chi connectivity index (χ0) is 21.0. The number of morpholine rings is 1. The van der Waals surface area contributed by atoms with Crippen LogP contribution >= 0.6 is 0 Å². The molecule has 0 unspecified atom stereocenters. The summed E-state index contributed by atoms with van der Waals surface area (Å²) >= 11 is 0. The molecule has 2 aromatic rings. The Morgan fingerprint density at radius 1 is 1.17 bits per heavy atom. The van der Waals surface area contributed by atoms with Gasteiger partial charge in [0.15, 0.2) is 0 Å². The quantitative estimate of drug-likeness (QED) is 0.830. The Balaban J connectivity index is 1.75. The van der Waals surface area contributed by atoms with Crippen LogP contribution in [0.5, 0.6) is 0 Å². The molecule has 2 amide bonds. The molecule has 156 valence electrons. The second kappa shape index (κ2) is 8.73. The molecule has 29 heavy (non-hydrogen) atoms. The van der Waals surface area contributed by atoms with Crippen LogP contribution in [-0.2, 0) is 21.5 Å². The van der Waals surface area contributed by atoms with Gasteiger partial charge >= 0.3 is 0 Å². The lowest BCUT2D eigenvalue weighted by atomic mass is 9.92. The smallest absolute Gasteiger partial charge is 0.270 e. The van der Waals surface area contributed by atoms with Crippen LogP contribution in [0, 0.1) is 5.82 Å². The zero-order valence-electron chi connectivity index (χ0n) is 17.1. The fraction of sp³-hybridized carbons (Fsp3) is 0.476. The number of carbonyl (C=O) groups excluding carboxylic acids is 2. The summed E-state index contributed by atoms with van der Waals surface area (Å²) in [6.07, 6.45) is 0. The van der Waals surface area contributed by atoms with Crippen molar-refractivity contribution in [2.45, 2.75) is 32.7 Å². The van der Waals surface area contributed by atoms with E-state index in [0.29, 0.717) is 38.5 Å². The molecule has 0 spiro atoms. The maximum atomic E-state index is 13.2. The van der Waals surface area contributed by atoms with E-state index in [0.717, 1.165) is 11.3 Å². The van der Waals surface area contributed by atoms with E-state index in [1.807, 2.05) is 20.8 Å². The van der Waals surface area contributed by atoms with E-state index in [1.54, 1.807) is 27.8 Å². The molecule has 0 radical (unpaired) electrons. The van der Waals surface area contributed by atoms with Crippen LogP contribution in [0.4, 0.5) is 4.39 Å². The van der Waals surface area contributed by atoms with Crippen molar-refractivity contribution in [1.82, 2.24) is 20.0 Å². The van der Waals surface area contributed by atoms with Gasteiger partial charge < -0.3 is 15.0 Å². The molecule has 1 fully saturated rings. The van der Waals surface area contributed by atoms with Gasteiger partial charge in [0.25, 0.3) is 5.91 Å². The van der Waals surface area contributed by atoms with Gasteiger partial charge in [0.05, 0.1) is 32.0 Å². The van der Waals surface area contributed by atoms with Crippen LogP contribution in [0.15, 0.2) is 30.3 Å². The third-order valence-electron chi connectivity index (χ3n) is 4.79. The van der Waals surface area contributed by atoms with E-state index in [1.165, 1.54) is 12.1 Å². The van der Waals surface area contributed by atoms with Gasteiger partial charge in [-0.2, -0.15) is 5.10 Å². The van der Waals surface area contributed by atoms with Gasteiger partial charge in [-0.1, -0.05) is 32.9 Å². The number of halogens is 1. The highest BCUT2D eigenvalue weighted by Crippen LogP contribution is 2.22. The molecule has 8 heteroatoms. The monoisotopic (exact) mass is 402 g/mol. The Morgan fingerprint density at radius 2 is 1.83 bits per heavy atom. The minimum absolute atomic E-state index is 0.0780. The lowest BCUT2D eigenvalue weighted by molar-refractivity contribution is -0.134. The third-order valence-corrected chi connectivity index (χ3v) is 4.79. The molecule has 3 rings (SSSR count). The zero-order valence-corrected chi connectivity index (χ0v) is 17.1. The highest BCUT2D eigenvalue weighted by Gasteiger charge is 2.24. The SMILES string of the molecule is CC(C)(C)c1cc(C(=O)NCC(=O)N2CCOCC2)n(Cc2ccc(F)cc2)n1. The number of rotatable bonds is 5. The summed E-state index contributed by atoms with van der Waals surface area (Å²) in [6.45, 7) is 8.39. The fourth-order valence-corrected chi connectivity index (χ4v) is 3.02. The van der Waals surface area contributed by atoms with Crippen molar-refractivity contribution in [3.8, 4) is 0 Å². The van der Waals surface area contributed by atoms with Crippen molar-refractivity contribution >= 4 is 11.8 Å². The molecule has 1 aromatic heterocycles. The first-order valence-electron chi connectivity index (χ1n) is 9.70. The maximum Gasteiger partial charge on any atom is 0.270 e. The lowest BCUT2D eigenvalue weighted by Crippen LogP contribution is -2.45. The Kier molecular flexibility index (Phi) is 6.32. The number of nitrogens with zero attached hydrogens (tertiary/aromatic N) is 3. The summed E-state index contributed by atoms with van der Waals surface area (Å²) in [7, 11) is 0. The fourth-order valence-electron chi connectivity index (χ4n) is 3.02. The Labute approximate surface area is 169 Å². The van der Waals surface area contributed by atoms with Gasteiger partial charge in [-0.15, -0.1) is 0 Å². The average molecular weight is 402 g/mol. The molecule has 0 aliphatic carbocycles. The molecule has 1 N–H and O–H groups in total. The molecule has 2 heterocycles. The standard InChI is InChI=1S/C21H27FN4O3/c1-21(2,3)18-12-17(26(24-18)14-15-4-6-16(22)7-5-15)20(28)23-13-19(27)25-8-10-29-11-9-25/h4-7,12H,8-11,13-14H2,1-3H3,(H,23,28). The number of nitrogens with one attached hydrogen (secondary N) is 1. The second-order valence-electron chi connectivity index (χ2n) is 8.12. The third kappa shape index (κ3) is 5.41. The van der Waals surface area contributed by atoms with Crippen LogP contribution in [0.25, 0.3) is 0 Å². The number of amides is 2. The van der Waals surface area contributed by atoms with Crippen LogP contribution in [-0.4, -0.2) is 59.3 Å². The van der Waals surface area contributed by atoms with E-state index in [9.17, 15) is 14.0 Å². The topological polar surface area (TPSA) is 76.5 Å². The summed E-state index contributed by atoms with van der Waals surface area (Å²) < 4.78 is 20.0. The molecule has 1 saturated heterocycles. The average Bonchev–Trinajstić information content (AvgIpc) is 3.13. The van der Waals surface area contributed by atoms with E-state index >= 15 is 0 Å². The number of hydrogen-bond acceptors (Lipinski definition) is 4. The molecule has 7 nitrogen and oxygen atoms in total. The predicted molar refractivity (Wildman–Crippen MR) is 106 cm³/mol. The first-order valence-corrected chi connectivity index (χ1v) is 9.70. The highest BCUT2D eigenvalue weighted by atomic mass is 19.1. The summed E-state index contributed by atoms with van der Waals surface area (Å²) in [5.74, 6) is -0.816. The van der Waals surface area contributed by atoms with Crippen molar-refractivity contribution in [2.24, 2.45) is 0 Å². The van der Waals surface area contributed by atoms with Gasteiger partial charge in [-0.25, -0.2) is 4.39 Å². The van der Waals surface area contributed by atoms with Gasteiger partial charge in [0, 0.05) is 18.5 Å². The lowest BCUT2D eigenvalue weighted by Gasteiger charge is -2.26. The van der Waals surface area contributed by atoms with Crippen LogP contribution in [0.3, 0.4) is 0 Å². The second-order valence-corrected chi connectivity index (χ2v) is 8.12. The van der Waals surface area contributed by atoms with Gasteiger partial charge in [0.1, 0.15) is 11.5 Å². The number of ether oxygens (including phenoxy) is 1. The Morgan fingerprint density at radius 3 is 2.45 bits per heavy atom. The molecule has 1 aliphatic rings. The van der Waals surface area contributed by atoms with Gasteiger partial charge in [-0.3, -0.25) is 14.3 Å². The van der Waals surface area contributed by atoms with Crippen LogP contribution < -0.4 is 5.32 Å².